The van der Waals surface area contributed by atoms with Gasteiger partial charge in [-0.1, -0.05) is 17.7 Å². The molecule has 1 aromatic heterocycles. The van der Waals surface area contributed by atoms with Crippen LogP contribution in [0, 0.1) is 5.82 Å². The number of nitrogens with zero attached hydrogens (tertiary/aromatic N) is 1. The molecule has 0 atom stereocenters. The van der Waals surface area contributed by atoms with E-state index < -0.39 is 17.7 Å². The lowest BCUT2D eigenvalue weighted by Crippen LogP contribution is -2.16. The molecule has 0 saturated heterocycles. The highest BCUT2D eigenvalue weighted by Gasteiger charge is 2.17. The fraction of sp³-hybridized carbons (Fsp3) is 0. The third-order valence-electron chi connectivity index (χ3n) is 2.47. The highest BCUT2D eigenvalue weighted by Crippen LogP contribution is 2.21. The summed E-state index contributed by atoms with van der Waals surface area (Å²) in [5.41, 5.74) is -0.276. The van der Waals surface area contributed by atoms with E-state index in [-0.39, 0.29) is 22.0 Å². The third-order valence-corrected chi connectivity index (χ3v) is 2.85. The van der Waals surface area contributed by atoms with Crippen LogP contribution in [0.25, 0.3) is 0 Å². The lowest BCUT2D eigenvalue weighted by atomic mass is 10.2. The Kier molecular flexibility index (Phi) is 3.95. The number of carbonyl (C=O) groups excluding carboxylic acids is 1. The largest absolute Gasteiger partial charge is 0.478 e. The summed E-state index contributed by atoms with van der Waals surface area (Å²) in [5, 5.41) is 10.9. The maximum atomic E-state index is 13.3. The molecule has 0 aliphatic rings. The number of hydrogen-bond acceptors (Lipinski definition) is 3. The lowest BCUT2D eigenvalue weighted by molar-refractivity contribution is 0.0697. The SMILES string of the molecule is O=C(O)c1cccnc1NC(=O)c1cccc(F)c1Cl. The van der Waals surface area contributed by atoms with Crippen molar-refractivity contribution in [1.29, 1.82) is 0 Å². The monoisotopic (exact) mass is 294 g/mol. The van der Waals surface area contributed by atoms with E-state index in [2.05, 4.69) is 10.3 Å². The number of nitrogens with one attached hydrogen (secondary N) is 1. The van der Waals surface area contributed by atoms with Crippen molar-refractivity contribution in [3.8, 4) is 0 Å². The zero-order valence-corrected chi connectivity index (χ0v) is 10.7. The smallest absolute Gasteiger partial charge is 0.339 e. The molecule has 7 heteroatoms. The van der Waals surface area contributed by atoms with Crippen LogP contribution in [-0.2, 0) is 0 Å². The first-order valence-corrected chi connectivity index (χ1v) is 5.82. The molecule has 2 rings (SSSR count). The molecule has 0 unspecified atom stereocenters. The van der Waals surface area contributed by atoms with Crippen LogP contribution >= 0.6 is 11.6 Å². The van der Waals surface area contributed by atoms with Crippen molar-refractivity contribution in [3.63, 3.8) is 0 Å². The summed E-state index contributed by atoms with van der Waals surface area (Å²) >= 11 is 5.68. The minimum absolute atomic E-state index is 0.103. The molecule has 0 radical (unpaired) electrons. The summed E-state index contributed by atoms with van der Waals surface area (Å²) in [5.74, 6) is -2.85. The molecule has 5 nitrogen and oxygen atoms in total. The average Bonchev–Trinajstić information content (AvgIpc) is 2.42. The highest BCUT2D eigenvalue weighted by atomic mass is 35.5. The Morgan fingerprint density at radius 3 is 2.60 bits per heavy atom. The maximum absolute atomic E-state index is 13.3. The molecule has 1 aromatic carbocycles. The maximum Gasteiger partial charge on any atom is 0.339 e. The van der Waals surface area contributed by atoms with Gasteiger partial charge in [0.2, 0.25) is 0 Å². The Labute approximate surface area is 118 Å². The van der Waals surface area contributed by atoms with Gasteiger partial charge in [0.15, 0.2) is 0 Å². The fourth-order valence-electron chi connectivity index (χ4n) is 1.53. The molecule has 0 fully saturated rings. The summed E-state index contributed by atoms with van der Waals surface area (Å²) in [6.45, 7) is 0. The molecular weight excluding hydrogens is 287 g/mol. The molecule has 2 N–H and O–H groups in total. The van der Waals surface area contributed by atoms with Crippen LogP contribution < -0.4 is 5.32 Å². The van der Waals surface area contributed by atoms with E-state index in [1.54, 1.807) is 0 Å². The Bertz CT molecular complexity index is 691. The van der Waals surface area contributed by atoms with Crippen molar-refractivity contribution in [2.24, 2.45) is 0 Å². The molecule has 0 aliphatic carbocycles. The van der Waals surface area contributed by atoms with E-state index >= 15 is 0 Å². The number of aromatic carboxylic acids is 1. The van der Waals surface area contributed by atoms with Gasteiger partial charge in [0.05, 0.1) is 10.6 Å². The van der Waals surface area contributed by atoms with Gasteiger partial charge in [-0.05, 0) is 24.3 Å². The van der Waals surface area contributed by atoms with Gasteiger partial charge in [0.25, 0.3) is 5.91 Å². The summed E-state index contributed by atoms with van der Waals surface area (Å²) in [6.07, 6.45) is 1.33. The topological polar surface area (TPSA) is 79.3 Å². The number of pyridine rings is 1. The number of aromatic nitrogens is 1. The minimum Gasteiger partial charge on any atom is -0.478 e. The summed E-state index contributed by atoms with van der Waals surface area (Å²) in [7, 11) is 0. The number of carboxylic acid groups (broad SMARTS) is 1. The van der Waals surface area contributed by atoms with E-state index in [1.165, 1.54) is 30.5 Å². The van der Waals surface area contributed by atoms with Crippen molar-refractivity contribution in [2.75, 3.05) is 5.32 Å². The predicted molar refractivity (Wildman–Crippen MR) is 70.6 cm³/mol. The van der Waals surface area contributed by atoms with Gasteiger partial charge < -0.3 is 10.4 Å². The second-order valence-corrected chi connectivity index (χ2v) is 4.14. The first-order valence-electron chi connectivity index (χ1n) is 5.44. The standard InChI is InChI=1S/C13H8ClFN2O3/c14-10-7(3-1-5-9(10)15)12(18)17-11-8(13(19)20)4-2-6-16-11/h1-6H,(H,19,20)(H,16,17,18). The number of benzene rings is 1. The van der Waals surface area contributed by atoms with Crippen molar-refractivity contribution < 1.29 is 19.1 Å². The molecule has 0 saturated carbocycles. The molecule has 102 valence electrons. The normalized spacial score (nSPS) is 10.1. The van der Waals surface area contributed by atoms with Crippen LogP contribution in [0.4, 0.5) is 10.2 Å². The fourth-order valence-corrected chi connectivity index (χ4v) is 1.74. The average molecular weight is 295 g/mol. The second kappa shape index (κ2) is 5.66. The molecule has 0 spiro atoms. The summed E-state index contributed by atoms with van der Waals surface area (Å²) in [4.78, 5) is 26.7. The van der Waals surface area contributed by atoms with Crippen LogP contribution in [0.2, 0.25) is 5.02 Å². The lowest BCUT2D eigenvalue weighted by Gasteiger charge is -2.08. The Morgan fingerprint density at radius 2 is 1.90 bits per heavy atom. The molecular formula is C13H8ClFN2O3. The third kappa shape index (κ3) is 2.75. The number of hydrogen-bond donors (Lipinski definition) is 2. The van der Waals surface area contributed by atoms with Crippen molar-refractivity contribution in [1.82, 2.24) is 4.98 Å². The van der Waals surface area contributed by atoms with Crippen molar-refractivity contribution >= 4 is 29.3 Å². The molecule has 20 heavy (non-hydrogen) atoms. The van der Waals surface area contributed by atoms with Crippen LogP contribution in [0.3, 0.4) is 0 Å². The molecule has 1 heterocycles. The van der Waals surface area contributed by atoms with Crippen molar-refractivity contribution in [3.05, 3.63) is 58.5 Å². The number of carbonyl (C=O) groups is 2. The summed E-state index contributed by atoms with van der Waals surface area (Å²) in [6, 6.07) is 6.48. The van der Waals surface area contributed by atoms with E-state index in [9.17, 15) is 14.0 Å². The van der Waals surface area contributed by atoms with Gasteiger partial charge >= 0.3 is 5.97 Å². The number of anilines is 1. The number of amides is 1. The van der Waals surface area contributed by atoms with Crippen LogP contribution in [0.1, 0.15) is 20.7 Å². The van der Waals surface area contributed by atoms with Gasteiger partial charge in [-0.25, -0.2) is 14.2 Å². The Hall–Kier alpha value is -2.47. The zero-order chi connectivity index (χ0) is 14.7. The Balaban J connectivity index is 2.33. The number of halogens is 2. The van der Waals surface area contributed by atoms with Crippen LogP contribution in [-0.4, -0.2) is 22.0 Å². The predicted octanol–water partition coefficient (Wildman–Crippen LogP) is 2.82. The van der Waals surface area contributed by atoms with E-state index in [0.717, 1.165) is 6.07 Å². The van der Waals surface area contributed by atoms with Crippen LogP contribution in [0.15, 0.2) is 36.5 Å². The van der Waals surface area contributed by atoms with Gasteiger partial charge in [-0.15, -0.1) is 0 Å². The zero-order valence-electron chi connectivity index (χ0n) is 9.93. The van der Waals surface area contributed by atoms with E-state index in [4.69, 9.17) is 16.7 Å². The molecule has 0 bridgehead atoms. The van der Waals surface area contributed by atoms with Gasteiger partial charge in [0.1, 0.15) is 17.2 Å². The van der Waals surface area contributed by atoms with Crippen molar-refractivity contribution in [2.45, 2.75) is 0 Å². The molecule has 2 aromatic rings. The van der Waals surface area contributed by atoms with Gasteiger partial charge in [-0.2, -0.15) is 0 Å². The quantitative estimate of drug-likeness (QED) is 0.912. The minimum atomic E-state index is -1.24. The second-order valence-electron chi connectivity index (χ2n) is 3.76. The van der Waals surface area contributed by atoms with Gasteiger partial charge in [-0.3, -0.25) is 4.79 Å². The summed E-state index contributed by atoms with van der Waals surface area (Å²) < 4.78 is 13.3. The highest BCUT2D eigenvalue weighted by molar-refractivity contribution is 6.34. The first-order chi connectivity index (χ1) is 9.50. The van der Waals surface area contributed by atoms with E-state index in [0.29, 0.717) is 0 Å². The van der Waals surface area contributed by atoms with Crippen LogP contribution in [0.5, 0.6) is 0 Å². The Morgan fingerprint density at radius 1 is 1.20 bits per heavy atom. The van der Waals surface area contributed by atoms with Gasteiger partial charge in [0, 0.05) is 6.20 Å². The van der Waals surface area contributed by atoms with E-state index in [1.807, 2.05) is 0 Å². The number of rotatable bonds is 3. The molecule has 1 amide bonds. The number of carboxylic acids is 1. The molecule has 0 aliphatic heterocycles. The first kappa shape index (κ1) is 14.0.